The summed E-state index contributed by atoms with van der Waals surface area (Å²) in [4.78, 5) is 25.1. The van der Waals surface area contributed by atoms with Crippen LogP contribution in [0.25, 0.3) is 0 Å². The number of amides is 1. The number of pyridine rings is 1. The van der Waals surface area contributed by atoms with Gasteiger partial charge in [0, 0.05) is 37.6 Å². The van der Waals surface area contributed by atoms with Gasteiger partial charge in [0.2, 0.25) is 5.91 Å². The van der Waals surface area contributed by atoms with Gasteiger partial charge in [-0.1, -0.05) is 13.8 Å². The number of nitrogens with one attached hydrogen (secondary N) is 1. The number of carbonyl (C=O) groups is 1. The molecule has 0 radical (unpaired) electrons. The third-order valence-electron chi connectivity index (χ3n) is 2.85. The van der Waals surface area contributed by atoms with Gasteiger partial charge in [-0.2, -0.15) is 0 Å². The van der Waals surface area contributed by atoms with Crippen molar-refractivity contribution in [2.75, 3.05) is 32.4 Å². The fraction of sp³-hybridized carbons (Fsp3) is 0.571. The smallest absolute Gasteiger partial charge is 0.250 e. The van der Waals surface area contributed by atoms with Crippen LogP contribution in [0, 0.1) is 5.92 Å². The van der Waals surface area contributed by atoms with E-state index < -0.39 is 0 Å². The molecule has 0 saturated carbocycles. The van der Waals surface area contributed by atoms with Crippen molar-refractivity contribution in [1.82, 2.24) is 14.8 Å². The fourth-order valence-corrected chi connectivity index (χ4v) is 1.70. The Bertz CT molecular complexity index is 496. The normalized spacial score (nSPS) is 11.1. The van der Waals surface area contributed by atoms with E-state index in [-0.39, 0.29) is 11.5 Å². The molecule has 0 saturated heterocycles. The summed E-state index contributed by atoms with van der Waals surface area (Å²) in [5.74, 6) is 0.441. The molecule has 0 aliphatic carbocycles. The zero-order chi connectivity index (χ0) is 15.1. The molecule has 112 valence electrons. The molecule has 0 aliphatic heterocycles. The zero-order valence-electron chi connectivity index (χ0n) is 12.4. The molecule has 3 N–H and O–H groups in total. The molecule has 0 fully saturated rings. The van der Waals surface area contributed by atoms with Crippen LogP contribution in [0.1, 0.15) is 13.8 Å². The Kier molecular flexibility index (Phi) is 6.24. The van der Waals surface area contributed by atoms with E-state index in [9.17, 15) is 9.59 Å². The SMILES string of the molecule is CC(C)CNC(=O)CN(C)CCn1cc(N)ccc1=O. The molecule has 6 heteroatoms. The summed E-state index contributed by atoms with van der Waals surface area (Å²) in [6.07, 6.45) is 1.62. The highest BCUT2D eigenvalue weighted by Crippen LogP contribution is 1.96. The van der Waals surface area contributed by atoms with Crippen LogP contribution in [0.4, 0.5) is 5.69 Å². The van der Waals surface area contributed by atoms with Crippen LogP contribution in [0.2, 0.25) is 0 Å². The molecular weight excluding hydrogens is 256 g/mol. The molecule has 6 nitrogen and oxygen atoms in total. The third-order valence-corrected chi connectivity index (χ3v) is 2.85. The third kappa shape index (κ3) is 5.88. The zero-order valence-corrected chi connectivity index (χ0v) is 12.4. The second-order valence-electron chi connectivity index (χ2n) is 5.43. The van der Waals surface area contributed by atoms with Crippen molar-refractivity contribution < 1.29 is 4.79 Å². The Hall–Kier alpha value is -1.82. The molecular formula is C14H24N4O2. The number of rotatable bonds is 7. The number of nitrogens with zero attached hydrogens (tertiary/aromatic N) is 2. The van der Waals surface area contributed by atoms with E-state index >= 15 is 0 Å². The monoisotopic (exact) mass is 280 g/mol. The largest absolute Gasteiger partial charge is 0.398 e. The molecule has 20 heavy (non-hydrogen) atoms. The van der Waals surface area contributed by atoms with E-state index in [4.69, 9.17) is 5.73 Å². The minimum Gasteiger partial charge on any atom is -0.398 e. The molecule has 1 heterocycles. The first kappa shape index (κ1) is 16.2. The summed E-state index contributed by atoms with van der Waals surface area (Å²) in [6.45, 7) is 6.23. The lowest BCUT2D eigenvalue weighted by atomic mass is 10.2. The number of anilines is 1. The summed E-state index contributed by atoms with van der Waals surface area (Å²) in [6, 6.07) is 3.03. The molecule has 0 aliphatic rings. The lowest BCUT2D eigenvalue weighted by Gasteiger charge is -2.17. The van der Waals surface area contributed by atoms with E-state index in [1.54, 1.807) is 16.8 Å². The molecule has 0 bridgehead atoms. The maximum absolute atomic E-state index is 11.6. The number of nitrogen functional groups attached to an aromatic ring is 1. The second-order valence-corrected chi connectivity index (χ2v) is 5.43. The lowest BCUT2D eigenvalue weighted by Crippen LogP contribution is -2.38. The number of likely N-dealkylation sites (N-methyl/N-ethyl adjacent to an activating group) is 1. The Balaban J connectivity index is 2.39. The predicted molar refractivity (Wildman–Crippen MR) is 80.5 cm³/mol. The molecule has 0 aromatic carbocycles. The summed E-state index contributed by atoms with van der Waals surface area (Å²) in [7, 11) is 1.85. The van der Waals surface area contributed by atoms with Crippen LogP contribution in [0.3, 0.4) is 0 Å². The molecule has 0 spiro atoms. The van der Waals surface area contributed by atoms with E-state index in [1.165, 1.54) is 6.07 Å². The van der Waals surface area contributed by atoms with Crippen molar-refractivity contribution in [3.8, 4) is 0 Å². The molecule has 0 unspecified atom stereocenters. The topological polar surface area (TPSA) is 80.4 Å². The lowest BCUT2D eigenvalue weighted by molar-refractivity contribution is -0.122. The summed E-state index contributed by atoms with van der Waals surface area (Å²) < 4.78 is 1.55. The van der Waals surface area contributed by atoms with Gasteiger partial charge in [-0.15, -0.1) is 0 Å². The fourth-order valence-electron chi connectivity index (χ4n) is 1.70. The standard InChI is InChI=1S/C14H24N4O2/c1-11(2)8-16-13(19)10-17(3)6-7-18-9-12(15)4-5-14(18)20/h4-5,9,11H,6-8,10,15H2,1-3H3,(H,16,19). The van der Waals surface area contributed by atoms with Gasteiger partial charge >= 0.3 is 0 Å². The van der Waals surface area contributed by atoms with Crippen molar-refractivity contribution in [3.63, 3.8) is 0 Å². The minimum absolute atomic E-state index is 0.00104. The van der Waals surface area contributed by atoms with Gasteiger partial charge in [-0.3, -0.25) is 14.5 Å². The molecule has 1 aromatic rings. The minimum atomic E-state index is -0.0862. The Morgan fingerprint density at radius 3 is 2.80 bits per heavy atom. The van der Waals surface area contributed by atoms with E-state index in [1.807, 2.05) is 11.9 Å². The van der Waals surface area contributed by atoms with E-state index in [0.717, 1.165) is 0 Å². The predicted octanol–water partition coefficient (Wildman–Crippen LogP) is 0.135. The number of aromatic nitrogens is 1. The molecule has 1 amide bonds. The Morgan fingerprint density at radius 2 is 2.15 bits per heavy atom. The van der Waals surface area contributed by atoms with Crippen molar-refractivity contribution in [1.29, 1.82) is 0 Å². The van der Waals surface area contributed by atoms with E-state index in [2.05, 4.69) is 19.2 Å². The highest BCUT2D eigenvalue weighted by molar-refractivity contribution is 5.77. The van der Waals surface area contributed by atoms with Gasteiger partial charge < -0.3 is 15.6 Å². The molecule has 0 atom stereocenters. The van der Waals surface area contributed by atoms with Gasteiger partial charge in [-0.05, 0) is 19.0 Å². The van der Waals surface area contributed by atoms with Crippen molar-refractivity contribution in [2.24, 2.45) is 5.92 Å². The number of carbonyl (C=O) groups excluding carboxylic acids is 1. The van der Waals surface area contributed by atoms with Crippen molar-refractivity contribution in [3.05, 3.63) is 28.7 Å². The Morgan fingerprint density at radius 1 is 1.45 bits per heavy atom. The van der Waals surface area contributed by atoms with E-state index in [0.29, 0.717) is 37.8 Å². The van der Waals surface area contributed by atoms with Crippen LogP contribution in [-0.2, 0) is 11.3 Å². The maximum atomic E-state index is 11.6. The second kappa shape index (κ2) is 7.69. The van der Waals surface area contributed by atoms with Gasteiger partial charge in [0.15, 0.2) is 0 Å². The first-order valence-electron chi connectivity index (χ1n) is 6.79. The highest BCUT2D eigenvalue weighted by Gasteiger charge is 2.07. The first-order chi connectivity index (χ1) is 9.38. The maximum Gasteiger partial charge on any atom is 0.250 e. The summed E-state index contributed by atoms with van der Waals surface area (Å²) >= 11 is 0. The van der Waals surface area contributed by atoms with Gasteiger partial charge in [0.1, 0.15) is 0 Å². The Labute approximate surface area is 119 Å². The van der Waals surface area contributed by atoms with Gasteiger partial charge in [-0.25, -0.2) is 0 Å². The van der Waals surface area contributed by atoms with Gasteiger partial charge in [0.25, 0.3) is 5.56 Å². The van der Waals surface area contributed by atoms with Crippen LogP contribution in [-0.4, -0.2) is 42.1 Å². The quantitative estimate of drug-likeness (QED) is 0.744. The molecule has 1 rings (SSSR count). The number of nitrogens with two attached hydrogens (primary N) is 1. The average molecular weight is 280 g/mol. The van der Waals surface area contributed by atoms with Crippen LogP contribution in [0.15, 0.2) is 23.1 Å². The van der Waals surface area contributed by atoms with Crippen LogP contribution in [0.5, 0.6) is 0 Å². The first-order valence-corrected chi connectivity index (χ1v) is 6.79. The number of hydrogen-bond donors (Lipinski definition) is 2. The van der Waals surface area contributed by atoms with Crippen LogP contribution >= 0.6 is 0 Å². The summed E-state index contributed by atoms with van der Waals surface area (Å²) in [5.41, 5.74) is 6.12. The summed E-state index contributed by atoms with van der Waals surface area (Å²) in [5, 5.41) is 2.86. The van der Waals surface area contributed by atoms with Crippen molar-refractivity contribution >= 4 is 11.6 Å². The number of hydrogen-bond acceptors (Lipinski definition) is 4. The van der Waals surface area contributed by atoms with Crippen molar-refractivity contribution in [2.45, 2.75) is 20.4 Å². The average Bonchev–Trinajstić information content (AvgIpc) is 2.37. The van der Waals surface area contributed by atoms with Crippen LogP contribution < -0.4 is 16.6 Å². The van der Waals surface area contributed by atoms with Gasteiger partial charge in [0.05, 0.1) is 6.54 Å². The molecule has 1 aromatic heterocycles. The highest BCUT2D eigenvalue weighted by atomic mass is 16.2.